The summed E-state index contributed by atoms with van der Waals surface area (Å²) in [5.74, 6) is -1.27. The SMILES string of the molecule is COC1CCC(NC[C@H]2CCCO[C@@H]2Cc2ccc3c(c2F)CN(C2CCC(=O)NC2=O)C3=O)CC1. The van der Waals surface area contributed by atoms with E-state index < -0.39 is 11.9 Å². The van der Waals surface area contributed by atoms with E-state index in [2.05, 4.69) is 10.6 Å². The van der Waals surface area contributed by atoms with E-state index in [0.29, 0.717) is 47.8 Å². The Hall–Kier alpha value is -2.36. The Labute approximate surface area is 211 Å². The normalized spacial score (nSPS) is 30.9. The molecule has 4 aliphatic rings. The van der Waals surface area contributed by atoms with Gasteiger partial charge in [0.1, 0.15) is 11.9 Å². The number of ether oxygens (including phenoxy) is 2. The van der Waals surface area contributed by atoms with Crippen molar-refractivity contribution in [2.24, 2.45) is 5.92 Å². The molecule has 1 aliphatic carbocycles. The number of methoxy groups -OCH3 is 1. The number of carbonyl (C=O) groups excluding carboxylic acids is 3. The number of rotatable bonds is 7. The van der Waals surface area contributed by atoms with Gasteiger partial charge in [-0.1, -0.05) is 6.07 Å². The van der Waals surface area contributed by atoms with Crippen molar-refractivity contribution in [3.05, 3.63) is 34.6 Å². The lowest BCUT2D eigenvalue weighted by Gasteiger charge is -2.35. The number of piperidine rings is 1. The maximum atomic E-state index is 15.7. The molecule has 1 aromatic rings. The number of imide groups is 1. The van der Waals surface area contributed by atoms with Crippen LogP contribution >= 0.6 is 0 Å². The Morgan fingerprint density at radius 3 is 2.69 bits per heavy atom. The molecule has 0 radical (unpaired) electrons. The van der Waals surface area contributed by atoms with Crippen molar-refractivity contribution in [3.63, 3.8) is 0 Å². The number of benzene rings is 1. The maximum absolute atomic E-state index is 15.7. The van der Waals surface area contributed by atoms with Gasteiger partial charge >= 0.3 is 0 Å². The summed E-state index contributed by atoms with van der Waals surface area (Å²) in [6.07, 6.45) is 7.58. The van der Waals surface area contributed by atoms with E-state index in [9.17, 15) is 14.4 Å². The summed E-state index contributed by atoms with van der Waals surface area (Å²) < 4.78 is 27.3. The first-order valence-corrected chi connectivity index (χ1v) is 13.3. The summed E-state index contributed by atoms with van der Waals surface area (Å²) in [4.78, 5) is 38.1. The zero-order valence-electron chi connectivity index (χ0n) is 20.9. The van der Waals surface area contributed by atoms with Crippen molar-refractivity contribution >= 4 is 17.7 Å². The van der Waals surface area contributed by atoms with Crippen LogP contribution in [0.1, 0.15) is 72.9 Å². The molecule has 2 saturated heterocycles. The van der Waals surface area contributed by atoms with E-state index in [4.69, 9.17) is 9.47 Å². The van der Waals surface area contributed by atoms with Crippen molar-refractivity contribution in [2.75, 3.05) is 20.3 Å². The largest absolute Gasteiger partial charge is 0.381 e. The molecule has 0 bridgehead atoms. The summed E-state index contributed by atoms with van der Waals surface area (Å²) in [7, 11) is 1.78. The van der Waals surface area contributed by atoms with E-state index in [1.54, 1.807) is 19.2 Å². The standard InChI is InChI=1S/C27H36FN3O5/c1-35-19-7-5-18(6-8-19)29-14-17-3-2-12-36-23(17)13-16-4-9-20-21(25(16)28)15-31(27(20)34)22-10-11-24(32)30-26(22)33/h4,9,17-19,22-23,29H,2-3,5-8,10-15H2,1H3,(H,30,32,33)/t17-,18?,19?,22?,23-/m1/s1. The Kier molecular flexibility index (Phi) is 7.69. The van der Waals surface area contributed by atoms with Crippen LogP contribution in [0.2, 0.25) is 0 Å². The van der Waals surface area contributed by atoms with Crippen LogP contribution in [-0.2, 0) is 32.0 Å². The number of nitrogens with zero attached hydrogens (tertiary/aromatic N) is 1. The Bertz CT molecular complexity index is 1010. The van der Waals surface area contributed by atoms with Gasteiger partial charge in [0.25, 0.3) is 5.91 Å². The first-order valence-electron chi connectivity index (χ1n) is 13.3. The Balaban J connectivity index is 1.23. The fraction of sp³-hybridized carbons (Fsp3) is 0.667. The van der Waals surface area contributed by atoms with Gasteiger partial charge < -0.3 is 19.7 Å². The van der Waals surface area contributed by atoms with Crippen molar-refractivity contribution in [3.8, 4) is 0 Å². The summed E-state index contributed by atoms with van der Waals surface area (Å²) >= 11 is 0. The minimum atomic E-state index is -0.749. The molecule has 3 amide bonds. The number of halogens is 1. The van der Waals surface area contributed by atoms with Crippen LogP contribution in [0.4, 0.5) is 4.39 Å². The molecule has 3 atom stereocenters. The highest BCUT2D eigenvalue weighted by atomic mass is 19.1. The average molecular weight is 502 g/mol. The first-order chi connectivity index (χ1) is 17.4. The molecule has 1 saturated carbocycles. The monoisotopic (exact) mass is 501 g/mol. The average Bonchev–Trinajstić information content (AvgIpc) is 3.22. The molecular weight excluding hydrogens is 465 g/mol. The molecule has 9 heteroatoms. The fourth-order valence-electron chi connectivity index (χ4n) is 6.21. The number of carbonyl (C=O) groups is 3. The van der Waals surface area contributed by atoms with Crippen LogP contribution in [0, 0.1) is 11.7 Å². The predicted octanol–water partition coefficient (Wildman–Crippen LogP) is 2.47. The third kappa shape index (κ3) is 5.19. The molecule has 3 fully saturated rings. The minimum absolute atomic E-state index is 0.0424. The molecule has 8 nitrogen and oxygen atoms in total. The van der Waals surface area contributed by atoms with Gasteiger partial charge in [-0.05, 0) is 62.5 Å². The number of hydrogen-bond acceptors (Lipinski definition) is 6. The number of amides is 3. The number of hydrogen-bond donors (Lipinski definition) is 2. The molecule has 36 heavy (non-hydrogen) atoms. The van der Waals surface area contributed by atoms with Gasteiger partial charge in [0.05, 0.1) is 18.8 Å². The van der Waals surface area contributed by atoms with Crippen LogP contribution in [0.15, 0.2) is 12.1 Å². The lowest BCUT2D eigenvalue weighted by atomic mass is 9.87. The van der Waals surface area contributed by atoms with Gasteiger partial charge in [0.15, 0.2) is 0 Å². The van der Waals surface area contributed by atoms with Gasteiger partial charge in [-0.15, -0.1) is 0 Å². The number of fused-ring (bicyclic) bond motifs is 1. The van der Waals surface area contributed by atoms with Crippen LogP contribution in [-0.4, -0.2) is 67.2 Å². The second kappa shape index (κ2) is 10.9. The highest BCUT2D eigenvalue weighted by Gasteiger charge is 2.41. The molecule has 0 spiro atoms. The van der Waals surface area contributed by atoms with Gasteiger partial charge in [-0.2, -0.15) is 0 Å². The molecule has 1 aromatic carbocycles. The minimum Gasteiger partial charge on any atom is -0.381 e. The van der Waals surface area contributed by atoms with Crippen molar-refractivity contribution in [1.29, 1.82) is 0 Å². The molecule has 0 aromatic heterocycles. The van der Waals surface area contributed by atoms with E-state index in [1.165, 1.54) is 4.90 Å². The molecule has 5 rings (SSSR count). The third-order valence-electron chi connectivity index (χ3n) is 8.40. The smallest absolute Gasteiger partial charge is 0.255 e. The van der Waals surface area contributed by atoms with Gasteiger partial charge in [0, 0.05) is 50.3 Å². The molecule has 3 heterocycles. The summed E-state index contributed by atoms with van der Waals surface area (Å²) in [5.41, 5.74) is 1.18. The fourth-order valence-corrected chi connectivity index (χ4v) is 6.21. The zero-order valence-corrected chi connectivity index (χ0v) is 20.9. The topological polar surface area (TPSA) is 97.0 Å². The Morgan fingerprint density at radius 2 is 1.94 bits per heavy atom. The van der Waals surface area contributed by atoms with E-state index in [-0.39, 0.29) is 43.1 Å². The second-order valence-electron chi connectivity index (χ2n) is 10.6. The predicted molar refractivity (Wildman–Crippen MR) is 130 cm³/mol. The lowest BCUT2D eigenvalue weighted by Crippen LogP contribution is -2.52. The first kappa shape index (κ1) is 25.3. The zero-order chi connectivity index (χ0) is 25.2. The van der Waals surface area contributed by atoms with E-state index >= 15 is 4.39 Å². The quantitative estimate of drug-likeness (QED) is 0.558. The molecule has 1 unspecified atom stereocenters. The van der Waals surface area contributed by atoms with Gasteiger partial charge in [-0.25, -0.2) is 4.39 Å². The van der Waals surface area contributed by atoms with Crippen molar-refractivity contribution < 1.29 is 28.2 Å². The van der Waals surface area contributed by atoms with Gasteiger partial charge in [-0.3, -0.25) is 19.7 Å². The third-order valence-corrected chi connectivity index (χ3v) is 8.40. The van der Waals surface area contributed by atoms with Crippen LogP contribution < -0.4 is 10.6 Å². The Morgan fingerprint density at radius 1 is 1.14 bits per heavy atom. The van der Waals surface area contributed by atoms with Crippen LogP contribution in [0.25, 0.3) is 0 Å². The highest BCUT2D eigenvalue weighted by molar-refractivity contribution is 6.05. The van der Waals surface area contributed by atoms with E-state index in [0.717, 1.165) is 45.1 Å². The van der Waals surface area contributed by atoms with Crippen molar-refractivity contribution in [2.45, 2.75) is 88.6 Å². The second-order valence-corrected chi connectivity index (χ2v) is 10.6. The maximum Gasteiger partial charge on any atom is 0.255 e. The van der Waals surface area contributed by atoms with Crippen LogP contribution in [0.5, 0.6) is 0 Å². The summed E-state index contributed by atoms with van der Waals surface area (Å²) in [6, 6.07) is 3.10. The summed E-state index contributed by atoms with van der Waals surface area (Å²) in [5, 5.41) is 6.01. The molecule has 3 aliphatic heterocycles. The van der Waals surface area contributed by atoms with Crippen LogP contribution in [0.3, 0.4) is 0 Å². The lowest BCUT2D eigenvalue weighted by molar-refractivity contribution is -0.136. The van der Waals surface area contributed by atoms with E-state index in [1.807, 2.05) is 0 Å². The highest BCUT2D eigenvalue weighted by Crippen LogP contribution is 2.33. The summed E-state index contributed by atoms with van der Waals surface area (Å²) in [6.45, 7) is 1.57. The molecule has 196 valence electrons. The number of nitrogens with one attached hydrogen (secondary N) is 2. The molecular formula is C27H36FN3O5. The van der Waals surface area contributed by atoms with Gasteiger partial charge in [0.2, 0.25) is 11.8 Å². The molecule has 2 N–H and O–H groups in total. The van der Waals surface area contributed by atoms with Crippen molar-refractivity contribution in [1.82, 2.24) is 15.5 Å².